The van der Waals surface area contributed by atoms with Gasteiger partial charge in [-0.2, -0.15) is 0 Å². The molecule has 4 rings (SSSR count). The van der Waals surface area contributed by atoms with Crippen LogP contribution in [0.2, 0.25) is 0 Å². The molecule has 0 aliphatic carbocycles. The molecule has 0 aliphatic heterocycles. The summed E-state index contributed by atoms with van der Waals surface area (Å²) in [6.45, 7) is 2.02. The van der Waals surface area contributed by atoms with Crippen molar-refractivity contribution >= 4 is 39.3 Å². The molecule has 4 aromatic rings. The van der Waals surface area contributed by atoms with Gasteiger partial charge in [0.25, 0.3) is 0 Å². The second-order valence-corrected chi connectivity index (χ2v) is 6.90. The summed E-state index contributed by atoms with van der Waals surface area (Å²) in [5, 5.41) is 18.6. The Hall–Kier alpha value is -3.84. The van der Waals surface area contributed by atoms with Gasteiger partial charge in [-0.05, 0) is 37.3 Å². The van der Waals surface area contributed by atoms with E-state index in [4.69, 9.17) is 14.5 Å². The number of benzene rings is 3. The van der Waals surface area contributed by atoms with Crippen LogP contribution in [0.25, 0.3) is 21.8 Å². The van der Waals surface area contributed by atoms with E-state index < -0.39 is 12.3 Å². The summed E-state index contributed by atoms with van der Waals surface area (Å²) in [5.41, 5.74) is 3.45. The van der Waals surface area contributed by atoms with E-state index in [2.05, 4.69) is 10.6 Å². The molecule has 1 amide bonds. The monoisotopic (exact) mass is 417 g/mol. The SMILES string of the molecule is CCOC(=O)Nc1cccc(C(O)Nc2c3ccccc3nc3cc(OC)ccc23)c1. The van der Waals surface area contributed by atoms with Gasteiger partial charge in [-0.15, -0.1) is 0 Å². The predicted octanol–water partition coefficient (Wildman–Crippen LogP) is 5.07. The van der Waals surface area contributed by atoms with Gasteiger partial charge in [0.15, 0.2) is 6.23 Å². The van der Waals surface area contributed by atoms with Crippen LogP contribution in [-0.4, -0.2) is 29.9 Å². The van der Waals surface area contributed by atoms with Crippen molar-refractivity contribution in [3.63, 3.8) is 0 Å². The molecular weight excluding hydrogens is 394 g/mol. The number of fused-ring (bicyclic) bond motifs is 2. The third-order valence-corrected chi connectivity index (χ3v) is 4.89. The number of carbonyl (C=O) groups excluding carboxylic acids is 1. The first-order valence-corrected chi connectivity index (χ1v) is 9.94. The summed E-state index contributed by atoms with van der Waals surface area (Å²) >= 11 is 0. The lowest BCUT2D eigenvalue weighted by Gasteiger charge is -2.19. The second kappa shape index (κ2) is 8.89. The van der Waals surface area contributed by atoms with Crippen molar-refractivity contribution in [3.8, 4) is 5.75 Å². The number of nitrogens with one attached hydrogen (secondary N) is 2. The number of amides is 1. The zero-order valence-corrected chi connectivity index (χ0v) is 17.3. The fourth-order valence-corrected chi connectivity index (χ4v) is 3.45. The third-order valence-electron chi connectivity index (χ3n) is 4.89. The molecule has 31 heavy (non-hydrogen) atoms. The molecule has 3 aromatic carbocycles. The Morgan fingerprint density at radius 2 is 1.84 bits per heavy atom. The highest BCUT2D eigenvalue weighted by atomic mass is 16.5. The number of para-hydroxylation sites is 1. The van der Waals surface area contributed by atoms with Crippen LogP contribution in [0.1, 0.15) is 18.7 Å². The highest BCUT2D eigenvalue weighted by Crippen LogP contribution is 2.34. The van der Waals surface area contributed by atoms with E-state index in [-0.39, 0.29) is 6.61 Å². The Kier molecular flexibility index (Phi) is 5.86. The van der Waals surface area contributed by atoms with E-state index in [0.29, 0.717) is 17.0 Å². The number of aromatic nitrogens is 1. The van der Waals surface area contributed by atoms with Crippen LogP contribution in [0.15, 0.2) is 66.7 Å². The second-order valence-electron chi connectivity index (χ2n) is 6.90. The smallest absolute Gasteiger partial charge is 0.411 e. The minimum Gasteiger partial charge on any atom is -0.497 e. The number of rotatable bonds is 6. The quantitative estimate of drug-likeness (QED) is 0.300. The number of hydrogen-bond donors (Lipinski definition) is 3. The number of methoxy groups -OCH3 is 1. The van der Waals surface area contributed by atoms with Crippen molar-refractivity contribution in [2.75, 3.05) is 24.4 Å². The molecule has 0 radical (unpaired) electrons. The summed E-state index contributed by atoms with van der Waals surface area (Å²) in [6.07, 6.45) is -1.55. The first-order chi connectivity index (χ1) is 15.1. The van der Waals surface area contributed by atoms with Crippen LogP contribution in [0.5, 0.6) is 5.75 Å². The van der Waals surface area contributed by atoms with Crippen LogP contribution < -0.4 is 15.4 Å². The lowest BCUT2D eigenvalue weighted by atomic mass is 10.1. The molecule has 1 unspecified atom stereocenters. The summed E-state index contributed by atoms with van der Waals surface area (Å²) in [5.74, 6) is 0.708. The maximum atomic E-state index is 11.7. The Labute approximate surface area is 179 Å². The molecular formula is C24H23N3O4. The van der Waals surface area contributed by atoms with Crippen LogP contribution in [-0.2, 0) is 4.74 Å². The summed E-state index contributed by atoms with van der Waals surface area (Å²) in [7, 11) is 1.61. The number of aliphatic hydroxyl groups is 1. The molecule has 7 nitrogen and oxygen atoms in total. The number of hydrogen-bond acceptors (Lipinski definition) is 6. The summed E-state index contributed by atoms with van der Waals surface area (Å²) in [4.78, 5) is 16.4. The minimum absolute atomic E-state index is 0.280. The molecule has 1 aromatic heterocycles. The lowest BCUT2D eigenvalue weighted by molar-refractivity contribution is 0.168. The van der Waals surface area contributed by atoms with Gasteiger partial charge in [-0.25, -0.2) is 9.78 Å². The third kappa shape index (κ3) is 4.36. The highest BCUT2D eigenvalue weighted by Gasteiger charge is 2.15. The topological polar surface area (TPSA) is 92.7 Å². The predicted molar refractivity (Wildman–Crippen MR) is 121 cm³/mol. The molecule has 0 saturated heterocycles. The van der Waals surface area contributed by atoms with E-state index in [1.807, 2.05) is 42.5 Å². The van der Waals surface area contributed by atoms with Gasteiger partial charge in [0, 0.05) is 28.1 Å². The van der Waals surface area contributed by atoms with E-state index in [1.165, 1.54) is 0 Å². The Morgan fingerprint density at radius 3 is 2.65 bits per heavy atom. The molecule has 1 atom stereocenters. The fourth-order valence-electron chi connectivity index (χ4n) is 3.45. The molecule has 158 valence electrons. The van der Waals surface area contributed by atoms with Crippen molar-refractivity contribution in [2.45, 2.75) is 13.2 Å². The normalized spacial score (nSPS) is 11.8. The Morgan fingerprint density at radius 1 is 1.03 bits per heavy atom. The number of carbonyl (C=O) groups is 1. The number of anilines is 2. The van der Waals surface area contributed by atoms with Gasteiger partial charge in [0.2, 0.25) is 0 Å². The maximum absolute atomic E-state index is 11.7. The standard InChI is InChI=1S/C24H23N3O4/c1-3-31-24(29)25-16-8-6-7-15(13-16)23(28)27-22-18-9-4-5-10-20(18)26-21-14-17(30-2)11-12-19(21)22/h4-14,23,28H,3H2,1-2H3,(H,25,29)(H,26,27). The van der Waals surface area contributed by atoms with Crippen molar-refractivity contribution in [3.05, 3.63) is 72.3 Å². The van der Waals surface area contributed by atoms with E-state index in [9.17, 15) is 9.90 Å². The van der Waals surface area contributed by atoms with E-state index >= 15 is 0 Å². The van der Waals surface area contributed by atoms with Crippen LogP contribution in [0.4, 0.5) is 16.2 Å². The van der Waals surface area contributed by atoms with E-state index in [1.54, 1.807) is 38.3 Å². The highest BCUT2D eigenvalue weighted by molar-refractivity contribution is 6.07. The maximum Gasteiger partial charge on any atom is 0.411 e. The molecule has 0 saturated carbocycles. The number of aliphatic hydroxyl groups excluding tert-OH is 1. The fraction of sp³-hybridized carbons (Fsp3) is 0.167. The van der Waals surface area contributed by atoms with Gasteiger partial charge < -0.3 is 19.9 Å². The Balaban J connectivity index is 1.71. The summed E-state index contributed by atoms with van der Waals surface area (Å²) in [6, 6.07) is 20.4. The van der Waals surface area contributed by atoms with E-state index in [0.717, 1.165) is 27.5 Å². The molecule has 3 N–H and O–H groups in total. The molecule has 0 fully saturated rings. The van der Waals surface area contributed by atoms with Crippen molar-refractivity contribution in [1.29, 1.82) is 0 Å². The zero-order valence-electron chi connectivity index (χ0n) is 17.3. The average molecular weight is 417 g/mol. The first kappa shape index (κ1) is 20.4. The van der Waals surface area contributed by atoms with Crippen molar-refractivity contribution in [1.82, 2.24) is 4.98 Å². The molecule has 0 bridgehead atoms. The van der Waals surface area contributed by atoms with Gasteiger partial charge in [0.05, 0.1) is 30.4 Å². The largest absolute Gasteiger partial charge is 0.497 e. The zero-order chi connectivity index (χ0) is 21.8. The molecule has 0 aliphatic rings. The molecule has 7 heteroatoms. The number of ether oxygens (including phenoxy) is 2. The molecule has 0 spiro atoms. The average Bonchev–Trinajstić information content (AvgIpc) is 2.78. The van der Waals surface area contributed by atoms with Crippen molar-refractivity contribution in [2.24, 2.45) is 0 Å². The van der Waals surface area contributed by atoms with Gasteiger partial charge in [0.1, 0.15) is 5.75 Å². The van der Waals surface area contributed by atoms with Crippen molar-refractivity contribution < 1.29 is 19.4 Å². The van der Waals surface area contributed by atoms with Crippen LogP contribution in [0, 0.1) is 0 Å². The first-order valence-electron chi connectivity index (χ1n) is 9.94. The van der Waals surface area contributed by atoms with Gasteiger partial charge in [-0.1, -0.05) is 30.3 Å². The Bertz CT molecular complexity index is 1240. The van der Waals surface area contributed by atoms with Crippen LogP contribution in [0.3, 0.4) is 0 Å². The molecule has 1 heterocycles. The number of nitrogens with zero attached hydrogens (tertiary/aromatic N) is 1. The van der Waals surface area contributed by atoms with Gasteiger partial charge >= 0.3 is 6.09 Å². The summed E-state index contributed by atoms with van der Waals surface area (Å²) < 4.78 is 10.2. The van der Waals surface area contributed by atoms with Gasteiger partial charge in [-0.3, -0.25) is 5.32 Å². The lowest BCUT2D eigenvalue weighted by Crippen LogP contribution is -2.14. The van der Waals surface area contributed by atoms with Crippen LogP contribution >= 0.6 is 0 Å². The minimum atomic E-state index is -1.01. The number of pyridine rings is 1.